The van der Waals surface area contributed by atoms with Crippen molar-refractivity contribution in [3.8, 4) is 5.88 Å². The summed E-state index contributed by atoms with van der Waals surface area (Å²) in [6.07, 6.45) is 0.805. The van der Waals surface area contributed by atoms with Gasteiger partial charge in [-0.3, -0.25) is 0 Å². The number of nitrogens with zero attached hydrogens (tertiary/aromatic N) is 1. The van der Waals surface area contributed by atoms with Crippen LogP contribution in [0.25, 0.3) is 10.9 Å². The lowest BCUT2D eigenvalue weighted by Gasteiger charge is -2.29. The lowest BCUT2D eigenvalue weighted by Crippen LogP contribution is -2.43. The molecule has 1 N–H and O–H groups in total. The second kappa shape index (κ2) is 3.56. The van der Waals surface area contributed by atoms with E-state index in [1.807, 2.05) is 30.3 Å². The summed E-state index contributed by atoms with van der Waals surface area (Å²) in [5, 5.41) is 1.05. The third kappa shape index (κ3) is 1.52. The van der Waals surface area contributed by atoms with E-state index in [9.17, 15) is 4.79 Å². The standard InChI is InChI=1S/C12H12N2O2/c15-12(14-6-3-7-14)16-11-8-9-4-1-2-5-10(9)13-11/h1-2,4-5,8,13H,3,6-7H2. The molecular weight excluding hydrogens is 204 g/mol. The summed E-state index contributed by atoms with van der Waals surface area (Å²) >= 11 is 0. The summed E-state index contributed by atoms with van der Waals surface area (Å²) in [4.78, 5) is 16.3. The minimum absolute atomic E-state index is 0.266. The number of hydrogen-bond donors (Lipinski definition) is 1. The van der Waals surface area contributed by atoms with Crippen LogP contribution in [0.4, 0.5) is 4.79 Å². The molecule has 1 saturated heterocycles. The highest BCUT2D eigenvalue weighted by atomic mass is 16.6. The Morgan fingerprint density at radius 3 is 2.81 bits per heavy atom. The number of nitrogens with one attached hydrogen (secondary N) is 1. The average Bonchev–Trinajstić information content (AvgIpc) is 2.56. The molecule has 0 radical (unpaired) electrons. The number of fused-ring (bicyclic) bond motifs is 1. The highest BCUT2D eigenvalue weighted by Crippen LogP contribution is 2.21. The molecule has 16 heavy (non-hydrogen) atoms. The molecule has 1 fully saturated rings. The van der Waals surface area contributed by atoms with Crippen molar-refractivity contribution in [2.45, 2.75) is 6.42 Å². The summed E-state index contributed by atoms with van der Waals surface area (Å²) in [6.45, 7) is 1.61. The van der Waals surface area contributed by atoms with Crippen molar-refractivity contribution in [3.63, 3.8) is 0 Å². The van der Waals surface area contributed by atoms with Crippen LogP contribution in [0, 0.1) is 0 Å². The van der Waals surface area contributed by atoms with E-state index in [2.05, 4.69) is 4.98 Å². The summed E-state index contributed by atoms with van der Waals surface area (Å²) in [5.74, 6) is 0.512. The Balaban J connectivity index is 1.80. The van der Waals surface area contributed by atoms with Crippen LogP contribution < -0.4 is 4.74 Å². The van der Waals surface area contributed by atoms with Crippen LogP contribution in [0.3, 0.4) is 0 Å². The van der Waals surface area contributed by atoms with E-state index in [-0.39, 0.29) is 6.09 Å². The largest absolute Gasteiger partial charge is 0.416 e. The van der Waals surface area contributed by atoms with Gasteiger partial charge in [-0.15, -0.1) is 0 Å². The Morgan fingerprint density at radius 1 is 1.31 bits per heavy atom. The van der Waals surface area contributed by atoms with Gasteiger partial charge in [-0.05, 0) is 12.5 Å². The van der Waals surface area contributed by atoms with E-state index in [1.54, 1.807) is 4.90 Å². The fourth-order valence-electron chi connectivity index (χ4n) is 1.76. The number of H-pyrrole nitrogens is 1. The average molecular weight is 216 g/mol. The van der Waals surface area contributed by atoms with Gasteiger partial charge in [0.25, 0.3) is 0 Å². The molecule has 1 aliphatic rings. The summed E-state index contributed by atoms with van der Waals surface area (Å²) in [6, 6.07) is 9.67. The fourth-order valence-corrected chi connectivity index (χ4v) is 1.76. The van der Waals surface area contributed by atoms with Crippen LogP contribution in [0.5, 0.6) is 5.88 Å². The quantitative estimate of drug-likeness (QED) is 0.795. The first-order chi connectivity index (χ1) is 7.83. The van der Waals surface area contributed by atoms with E-state index in [1.165, 1.54) is 0 Å². The van der Waals surface area contributed by atoms with Crippen LogP contribution >= 0.6 is 0 Å². The lowest BCUT2D eigenvalue weighted by molar-refractivity contribution is 0.123. The molecule has 1 aliphatic heterocycles. The second-order valence-electron chi connectivity index (χ2n) is 3.93. The zero-order valence-corrected chi connectivity index (χ0v) is 8.77. The maximum Gasteiger partial charge on any atom is 0.416 e. The van der Waals surface area contributed by atoms with Crippen LogP contribution in [-0.4, -0.2) is 29.1 Å². The molecular formula is C12H12N2O2. The van der Waals surface area contributed by atoms with Crippen molar-refractivity contribution in [2.75, 3.05) is 13.1 Å². The summed E-state index contributed by atoms with van der Waals surface area (Å²) in [7, 11) is 0. The van der Waals surface area contributed by atoms with Gasteiger partial charge < -0.3 is 14.6 Å². The normalized spacial score (nSPS) is 14.9. The molecule has 4 heteroatoms. The predicted molar refractivity (Wildman–Crippen MR) is 60.5 cm³/mol. The number of benzene rings is 1. The Morgan fingerprint density at radius 2 is 2.12 bits per heavy atom. The third-order valence-electron chi connectivity index (χ3n) is 2.82. The SMILES string of the molecule is O=C(Oc1cc2ccccc2[nH]1)N1CCC1. The first kappa shape index (κ1) is 9.27. The van der Waals surface area contributed by atoms with Crippen molar-refractivity contribution < 1.29 is 9.53 Å². The van der Waals surface area contributed by atoms with Gasteiger partial charge in [0.1, 0.15) is 0 Å². The number of hydrogen-bond acceptors (Lipinski definition) is 2. The van der Waals surface area contributed by atoms with E-state index in [0.29, 0.717) is 5.88 Å². The Kier molecular flexibility index (Phi) is 2.06. The molecule has 0 saturated carbocycles. The van der Waals surface area contributed by atoms with Gasteiger partial charge in [0, 0.05) is 30.1 Å². The molecule has 0 atom stereocenters. The molecule has 0 aliphatic carbocycles. The first-order valence-electron chi connectivity index (χ1n) is 5.37. The van der Waals surface area contributed by atoms with Gasteiger partial charge in [0.2, 0.25) is 5.88 Å². The maximum atomic E-state index is 11.6. The van der Waals surface area contributed by atoms with Gasteiger partial charge in [-0.1, -0.05) is 18.2 Å². The van der Waals surface area contributed by atoms with E-state index in [0.717, 1.165) is 30.4 Å². The first-order valence-corrected chi connectivity index (χ1v) is 5.37. The number of likely N-dealkylation sites (tertiary alicyclic amines) is 1. The van der Waals surface area contributed by atoms with E-state index < -0.39 is 0 Å². The summed E-state index contributed by atoms with van der Waals surface area (Å²) in [5.41, 5.74) is 0.980. The Bertz CT molecular complexity index is 496. The van der Waals surface area contributed by atoms with Gasteiger partial charge in [0.15, 0.2) is 0 Å². The molecule has 82 valence electrons. The number of ether oxygens (including phenoxy) is 1. The lowest BCUT2D eigenvalue weighted by atomic mass is 10.2. The molecule has 2 aromatic rings. The Hall–Kier alpha value is -1.97. The number of carbonyl (C=O) groups is 1. The molecule has 2 heterocycles. The topological polar surface area (TPSA) is 45.3 Å². The zero-order valence-electron chi connectivity index (χ0n) is 8.77. The molecule has 0 spiro atoms. The number of rotatable bonds is 1. The van der Waals surface area contributed by atoms with Crippen LogP contribution in [-0.2, 0) is 0 Å². The minimum atomic E-state index is -0.266. The molecule has 1 aromatic carbocycles. The number of aromatic nitrogens is 1. The molecule has 1 amide bonds. The minimum Gasteiger partial charge on any atom is -0.393 e. The molecule has 1 aromatic heterocycles. The van der Waals surface area contributed by atoms with Crippen LogP contribution in [0.2, 0.25) is 0 Å². The number of carbonyl (C=O) groups excluding carboxylic acids is 1. The fraction of sp³-hybridized carbons (Fsp3) is 0.250. The van der Waals surface area contributed by atoms with Crippen molar-refractivity contribution in [1.29, 1.82) is 0 Å². The molecule has 0 unspecified atom stereocenters. The molecule has 4 nitrogen and oxygen atoms in total. The van der Waals surface area contributed by atoms with Crippen molar-refractivity contribution in [1.82, 2.24) is 9.88 Å². The van der Waals surface area contributed by atoms with E-state index >= 15 is 0 Å². The Labute approximate surface area is 92.8 Å². The van der Waals surface area contributed by atoms with Gasteiger partial charge >= 0.3 is 6.09 Å². The number of para-hydroxylation sites is 1. The van der Waals surface area contributed by atoms with Gasteiger partial charge in [0.05, 0.1) is 0 Å². The molecule has 0 bridgehead atoms. The van der Waals surface area contributed by atoms with Crippen molar-refractivity contribution >= 4 is 17.0 Å². The van der Waals surface area contributed by atoms with Gasteiger partial charge in [-0.2, -0.15) is 0 Å². The van der Waals surface area contributed by atoms with E-state index in [4.69, 9.17) is 4.74 Å². The monoisotopic (exact) mass is 216 g/mol. The van der Waals surface area contributed by atoms with Crippen LogP contribution in [0.1, 0.15) is 6.42 Å². The van der Waals surface area contributed by atoms with Crippen LogP contribution in [0.15, 0.2) is 30.3 Å². The smallest absolute Gasteiger partial charge is 0.393 e. The predicted octanol–water partition coefficient (Wildman–Crippen LogP) is 2.37. The highest BCUT2D eigenvalue weighted by Gasteiger charge is 2.22. The van der Waals surface area contributed by atoms with Crippen molar-refractivity contribution in [2.24, 2.45) is 0 Å². The molecule has 3 rings (SSSR count). The number of aromatic amines is 1. The second-order valence-corrected chi connectivity index (χ2v) is 3.93. The zero-order chi connectivity index (χ0) is 11.0. The van der Waals surface area contributed by atoms with Crippen molar-refractivity contribution in [3.05, 3.63) is 30.3 Å². The maximum absolute atomic E-state index is 11.6. The third-order valence-corrected chi connectivity index (χ3v) is 2.82. The summed E-state index contributed by atoms with van der Waals surface area (Å²) < 4.78 is 5.23. The van der Waals surface area contributed by atoms with Gasteiger partial charge in [-0.25, -0.2) is 4.79 Å². The number of amides is 1. The highest BCUT2D eigenvalue weighted by molar-refractivity contribution is 5.82.